The molecule has 1 aliphatic rings. The van der Waals surface area contributed by atoms with E-state index in [0.717, 1.165) is 38.5 Å². The number of nitrogens with one attached hydrogen (secondary N) is 1. The lowest BCUT2D eigenvalue weighted by Crippen LogP contribution is -2.60. The van der Waals surface area contributed by atoms with Crippen molar-refractivity contribution in [2.45, 2.75) is 351 Å². The molecule has 1 rings (SSSR count). The molecule has 1 aliphatic heterocycles. The Bertz CT molecular complexity index is 1240. The number of aliphatic hydroxyl groups is 7. The average molecular weight is 1040 g/mol. The van der Waals surface area contributed by atoms with E-state index >= 15 is 0 Å². The monoisotopic (exact) mass is 1040 g/mol. The van der Waals surface area contributed by atoms with Crippen LogP contribution in [0.1, 0.15) is 296 Å². The van der Waals surface area contributed by atoms with Gasteiger partial charge < -0.3 is 50.5 Å². The number of carbonyl (C=O) groups is 1. The highest BCUT2D eigenvalue weighted by Crippen LogP contribution is 2.24. The zero-order chi connectivity index (χ0) is 53.3. The summed E-state index contributed by atoms with van der Waals surface area (Å²) < 4.78 is 11.1. The quantitative estimate of drug-likeness (QED) is 0.0215. The lowest BCUT2D eigenvalue weighted by atomic mass is 9.98. The Morgan fingerprint density at radius 1 is 0.466 bits per heavy atom. The predicted molar refractivity (Wildman–Crippen MR) is 302 cm³/mol. The number of hydrogen-bond donors (Lipinski definition) is 8. The molecule has 9 atom stereocenters. The molecule has 11 heteroatoms. The summed E-state index contributed by atoms with van der Waals surface area (Å²) in [6.45, 7) is 3.44. The molecule has 11 nitrogen and oxygen atoms in total. The molecule has 0 aromatic carbocycles. The molecule has 0 aromatic rings. The fraction of sp³-hybridized carbons (Fsp3) is 0.919. The lowest BCUT2D eigenvalue weighted by molar-refractivity contribution is -0.303. The van der Waals surface area contributed by atoms with E-state index in [2.05, 4.69) is 43.5 Å². The Kier molecular flexibility index (Phi) is 49.0. The summed E-state index contributed by atoms with van der Waals surface area (Å²) in [5.41, 5.74) is 0. The second-order valence-electron chi connectivity index (χ2n) is 22.1. The van der Waals surface area contributed by atoms with Gasteiger partial charge in [0.25, 0.3) is 0 Å². The van der Waals surface area contributed by atoms with Crippen molar-refractivity contribution in [3.8, 4) is 0 Å². The summed E-state index contributed by atoms with van der Waals surface area (Å²) in [6, 6.07) is -1.19. The van der Waals surface area contributed by atoms with E-state index in [1.165, 1.54) is 212 Å². The summed E-state index contributed by atoms with van der Waals surface area (Å²) in [4.78, 5) is 13.2. The Labute approximate surface area is 448 Å². The van der Waals surface area contributed by atoms with Crippen LogP contribution in [0.4, 0.5) is 0 Å². The van der Waals surface area contributed by atoms with Gasteiger partial charge in [-0.1, -0.05) is 269 Å². The molecule has 1 saturated heterocycles. The fourth-order valence-electron chi connectivity index (χ4n) is 10.2. The average Bonchev–Trinajstić information content (AvgIpc) is 3.39. The van der Waals surface area contributed by atoms with Crippen LogP contribution in [0.3, 0.4) is 0 Å². The van der Waals surface area contributed by atoms with E-state index in [4.69, 9.17) is 9.47 Å². The minimum atomic E-state index is -1.67. The van der Waals surface area contributed by atoms with Crippen LogP contribution in [0.25, 0.3) is 0 Å². The van der Waals surface area contributed by atoms with E-state index in [1.807, 2.05) is 0 Å². The van der Waals surface area contributed by atoms with Gasteiger partial charge in [0.15, 0.2) is 6.29 Å². The van der Waals surface area contributed by atoms with Crippen LogP contribution in [-0.2, 0) is 14.3 Å². The minimum absolute atomic E-state index is 0.248. The molecule has 0 bridgehead atoms. The number of hydrogen-bond acceptors (Lipinski definition) is 10. The first kappa shape index (κ1) is 69.6. The van der Waals surface area contributed by atoms with Crippen LogP contribution in [0, 0.1) is 0 Å². The zero-order valence-corrected chi connectivity index (χ0v) is 47.4. The van der Waals surface area contributed by atoms with Crippen molar-refractivity contribution in [2.24, 2.45) is 0 Å². The first-order valence-electron chi connectivity index (χ1n) is 31.2. The molecular formula is C62H119NO10. The second-order valence-corrected chi connectivity index (χ2v) is 22.1. The SMILES string of the molecule is CCCCCCC/C=C/CC/C=C/CCCC(O)C(O)C(COC1OC(CO)C(O)C(O)C1O)NC(=O)C(O)CCCCCCCCCCCCCCCCCCCCCCCCCCCCCCCCCC. The van der Waals surface area contributed by atoms with Crippen LogP contribution in [0.2, 0.25) is 0 Å². The molecule has 0 aromatic heterocycles. The van der Waals surface area contributed by atoms with Crippen LogP contribution in [-0.4, -0.2) is 110 Å². The van der Waals surface area contributed by atoms with Gasteiger partial charge in [0.2, 0.25) is 5.91 Å². The third-order valence-corrected chi connectivity index (χ3v) is 15.2. The number of rotatable bonds is 54. The maximum atomic E-state index is 13.2. The first-order chi connectivity index (χ1) is 35.7. The molecule has 1 fully saturated rings. The van der Waals surface area contributed by atoms with Gasteiger partial charge in [-0.2, -0.15) is 0 Å². The molecule has 73 heavy (non-hydrogen) atoms. The fourth-order valence-corrected chi connectivity index (χ4v) is 10.2. The maximum absolute atomic E-state index is 13.2. The number of carbonyl (C=O) groups excluding carboxylic acids is 1. The minimum Gasteiger partial charge on any atom is -0.394 e. The van der Waals surface area contributed by atoms with Crippen molar-refractivity contribution in [3.05, 3.63) is 24.3 Å². The van der Waals surface area contributed by atoms with Crippen LogP contribution < -0.4 is 5.32 Å². The molecule has 9 unspecified atom stereocenters. The predicted octanol–water partition coefficient (Wildman–Crippen LogP) is 13.7. The van der Waals surface area contributed by atoms with Gasteiger partial charge in [0, 0.05) is 0 Å². The Morgan fingerprint density at radius 2 is 0.822 bits per heavy atom. The number of ether oxygens (including phenoxy) is 2. The van der Waals surface area contributed by atoms with Crippen molar-refractivity contribution in [1.82, 2.24) is 5.32 Å². The van der Waals surface area contributed by atoms with E-state index in [9.17, 15) is 40.5 Å². The Morgan fingerprint density at radius 3 is 1.22 bits per heavy atom. The van der Waals surface area contributed by atoms with Crippen LogP contribution in [0.5, 0.6) is 0 Å². The number of allylic oxidation sites excluding steroid dienone is 4. The highest BCUT2D eigenvalue weighted by molar-refractivity contribution is 5.80. The van der Waals surface area contributed by atoms with E-state index < -0.39 is 74.2 Å². The normalized spacial score (nSPS) is 20.0. The first-order valence-corrected chi connectivity index (χ1v) is 31.2. The lowest BCUT2D eigenvalue weighted by Gasteiger charge is -2.40. The van der Waals surface area contributed by atoms with Crippen LogP contribution in [0.15, 0.2) is 24.3 Å². The standard InChI is InChI=1S/C62H119NO10/c1-3-5-7-9-11-13-15-17-19-20-21-22-23-24-25-26-27-28-29-30-31-32-33-34-35-36-38-40-42-44-46-48-50-55(66)61(71)63-53(52-72-62-60(70)59(69)58(68)56(51-64)73-62)57(67)54(65)49-47-45-43-41-39-37-18-16-14-12-10-8-6-4-2/h16,18,41,43,53-60,62,64-70H,3-15,17,19-40,42,44-52H2,1-2H3,(H,63,71)/b18-16+,43-41+. The summed E-state index contributed by atoms with van der Waals surface area (Å²) in [7, 11) is 0. The summed E-state index contributed by atoms with van der Waals surface area (Å²) >= 11 is 0. The summed E-state index contributed by atoms with van der Waals surface area (Å²) in [5.74, 6) is -0.706. The molecule has 1 heterocycles. The highest BCUT2D eigenvalue weighted by Gasteiger charge is 2.44. The summed E-state index contributed by atoms with van der Waals surface area (Å²) in [6.07, 6.45) is 51.3. The van der Waals surface area contributed by atoms with Crippen molar-refractivity contribution in [2.75, 3.05) is 13.2 Å². The van der Waals surface area contributed by atoms with E-state index in [1.54, 1.807) is 0 Å². The second kappa shape index (κ2) is 51.4. The van der Waals surface area contributed by atoms with Gasteiger partial charge in [0.05, 0.1) is 25.4 Å². The Balaban J connectivity index is 2.18. The molecule has 1 amide bonds. The van der Waals surface area contributed by atoms with Gasteiger partial charge in [0.1, 0.15) is 36.6 Å². The van der Waals surface area contributed by atoms with Gasteiger partial charge in [-0.25, -0.2) is 0 Å². The molecule has 8 N–H and O–H groups in total. The highest BCUT2D eigenvalue weighted by atomic mass is 16.7. The third-order valence-electron chi connectivity index (χ3n) is 15.2. The molecule has 0 aliphatic carbocycles. The zero-order valence-electron chi connectivity index (χ0n) is 47.4. The molecule has 0 saturated carbocycles. The molecule has 432 valence electrons. The smallest absolute Gasteiger partial charge is 0.249 e. The van der Waals surface area contributed by atoms with Crippen molar-refractivity contribution >= 4 is 5.91 Å². The molecule has 0 radical (unpaired) electrons. The van der Waals surface area contributed by atoms with Crippen molar-refractivity contribution in [3.63, 3.8) is 0 Å². The maximum Gasteiger partial charge on any atom is 0.249 e. The summed E-state index contributed by atoms with van der Waals surface area (Å²) in [5, 5.41) is 76.1. The van der Waals surface area contributed by atoms with Gasteiger partial charge in [-0.15, -0.1) is 0 Å². The topological polar surface area (TPSA) is 189 Å². The van der Waals surface area contributed by atoms with E-state index in [0.29, 0.717) is 19.3 Å². The largest absolute Gasteiger partial charge is 0.394 e. The van der Waals surface area contributed by atoms with Crippen LogP contribution >= 0.6 is 0 Å². The van der Waals surface area contributed by atoms with E-state index in [-0.39, 0.29) is 12.8 Å². The molecular weight excluding hydrogens is 919 g/mol. The Hall–Kier alpha value is -1.41. The molecule has 0 spiro atoms. The van der Waals surface area contributed by atoms with Gasteiger partial charge >= 0.3 is 0 Å². The number of unbranched alkanes of at least 4 members (excludes halogenated alkanes) is 38. The van der Waals surface area contributed by atoms with Gasteiger partial charge in [-0.05, 0) is 51.4 Å². The number of amides is 1. The van der Waals surface area contributed by atoms with Gasteiger partial charge in [-0.3, -0.25) is 4.79 Å². The third kappa shape index (κ3) is 39.6. The van der Waals surface area contributed by atoms with Crippen molar-refractivity contribution < 1.29 is 50.0 Å². The van der Waals surface area contributed by atoms with Crippen molar-refractivity contribution in [1.29, 1.82) is 0 Å². The number of aliphatic hydroxyl groups excluding tert-OH is 7.